The SMILES string of the molecule is CCC(CC)C(=O)N(Cc1ccco1)Cc1cc(NC(=O)C2CCCC2)ccc1N(C)C. The van der Waals surface area contributed by atoms with Crippen LogP contribution in [-0.4, -0.2) is 30.8 Å². The fraction of sp³-hybridized carbons (Fsp3) is 0.538. The summed E-state index contributed by atoms with van der Waals surface area (Å²) in [6.45, 7) is 4.99. The van der Waals surface area contributed by atoms with Crippen LogP contribution in [0.4, 0.5) is 11.4 Å². The van der Waals surface area contributed by atoms with Crippen LogP contribution in [0.1, 0.15) is 63.7 Å². The fourth-order valence-electron chi connectivity index (χ4n) is 4.56. The van der Waals surface area contributed by atoms with Crippen molar-refractivity contribution in [3.05, 3.63) is 47.9 Å². The highest BCUT2D eigenvalue weighted by Crippen LogP contribution is 2.29. The van der Waals surface area contributed by atoms with Gasteiger partial charge in [-0.1, -0.05) is 26.7 Å². The lowest BCUT2D eigenvalue weighted by atomic mass is 10.0. The van der Waals surface area contributed by atoms with Crippen molar-refractivity contribution in [1.29, 1.82) is 0 Å². The summed E-state index contributed by atoms with van der Waals surface area (Å²) in [7, 11) is 3.99. The van der Waals surface area contributed by atoms with Crippen LogP contribution in [0, 0.1) is 11.8 Å². The van der Waals surface area contributed by atoms with Gasteiger partial charge in [-0.2, -0.15) is 0 Å². The molecule has 1 heterocycles. The lowest BCUT2D eigenvalue weighted by molar-refractivity contribution is -0.137. The highest BCUT2D eigenvalue weighted by atomic mass is 16.3. The average molecular weight is 440 g/mol. The molecule has 1 N–H and O–H groups in total. The van der Waals surface area contributed by atoms with Crippen LogP contribution in [-0.2, 0) is 22.7 Å². The number of hydrogen-bond acceptors (Lipinski definition) is 4. The van der Waals surface area contributed by atoms with Gasteiger partial charge in [-0.3, -0.25) is 9.59 Å². The summed E-state index contributed by atoms with van der Waals surface area (Å²) in [5, 5.41) is 3.10. The summed E-state index contributed by atoms with van der Waals surface area (Å²) in [6.07, 6.45) is 7.44. The van der Waals surface area contributed by atoms with Crippen molar-refractivity contribution in [2.75, 3.05) is 24.3 Å². The van der Waals surface area contributed by atoms with Crippen LogP contribution in [0.15, 0.2) is 41.0 Å². The zero-order valence-electron chi connectivity index (χ0n) is 19.9. The van der Waals surface area contributed by atoms with Gasteiger partial charge in [-0.25, -0.2) is 0 Å². The van der Waals surface area contributed by atoms with Crippen molar-refractivity contribution in [2.45, 2.75) is 65.5 Å². The minimum absolute atomic E-state index is 0.0157. The van der Waals surface area contributed by atoms with Crippen molar-refractivity contribution in [3.63, 3.8) is 0 Å². The van der Waals surface area contributed by atoms with Gasteiger partial charge in [-0.05, 0) is 61.6 Å². The molecule has 0 bridgehead atoms. The lowest BCUT2D eigenvalue weighted by Crippen LogP contribution is -2.35. The van der Waals surface area contributed by atoms with Crippen LogP contribution in [0.5, 0.6) is 0 Å². The van der Waals surface area contributed by atoms with Crippen molar-refractivity contribution < 1.29 is 14.0 Å². The summed E-state index contributed by atoms with van der Waals surface area (Å²) in [6, 6.07) is 9.73. The Balaban J connectivity index is 1.86. The third-order valence-electron chi connectivity index (χ3n) is 6.49. The number of carbonyl (C=O) groups is 2. The first-order chi connectivity index (χ1) is 15.4. The summed E-state index contributed by atoms with van der Waals surface area (Å²) in [4.78, 5) is 29.9. The lowest BCUT2D eigenvalue weighted by Gasteiger charge is -2.28. The molecule has 0 atom stereocenters. The number of benzene rings is 1. The molecule has 1 aromatic carbocycles. The van der Waals surface area contributed by atoms with Crippen LogP contribution in [0.3, 0.4) is 0 Å². The maximum Gasteiger partial charge on any atom is 0.227 e. The molecule has 174 valence electrons. The number of rotatable bonds is 10. The van der Waals surface area contributed by atoms with E-state index in [9.17, 15) is 9.59 Å². The van der Waals surface area contributed by atoms with E-state index in [1.54, 1.807) is 6.26 Å². The van der Waals surface area contributed by atoms with Gasteiger partial charge >= 0.3 is 0 Å². The summed E-state index contributed by atoms with van der Waals surface area (Å²) >= 11 is 0. The largest absolute Gasteiger partial charge is 0.467 e. The molecule has 1 fully saturated rings. The van der Waals surface area contributed by atoms with E-state index in [0.717, 1.165) is 61.2 Å². The Morgan fingerprint density at radius 2 is 1.81 bits per heavy atom. The summed E-state index contributed by atoms with van der Waals surface area (Å²) < 4.78 is 5.55. The molecule has 6 heteroatoms. The third-order valence-corrected chi connectivity index (χ3v) is 6.49. The molecule has 1 aliphatic rings. The quantitative estimate of drug-likeness (QED) is 0.535. The third kappa shape index (κ3) is 5.93. The van der Waals surface area contributed by atoms with Crippen LogP contribution in [0.25, 0.3) is 0 Å². The first-order valence-electron chi connectivity index (χ1n) is 11.8. The maximum atomic E-state index is 13.4. The summed E-state index contributed by atoms with van der Waals surface area (Å²) in [5.41, 5.74) is 2.83. The number of amides is 2. The first-order valence-corrected chi connectivity index (χ1v) is 11.8. The van der Waals surface area contributed by atoms with Crippen molar-refractivity contribution in [1.82, 2.24) is 4.90 Å². The number of hydrogen-bond donors (Lipinski definition) is 1. The van der Waals surface area contributed by atoms with Gasteiger partial charge in [0.2, 0.25) is 11.8 Å². The van der Waals surface area contributed by atoms with E-state index in [1.807, 2.05) is 54.2 Å². The number of nitrogens with zero attached hydrogens (tertiary/aromatic N) is 2. The topological polar surface area (TPSA) is 65.8 Å². The summed E-state index contributed by atoms with van der Waals surface area (Å²) in [5.74, 6) is 1.10. The van der Waals surface area contributed by atoms with Gasteiger partial charge < -0.3 is 19.5 Å². The van der Waals surface area contributed by atoms with E-state index >= 15 is 0 Å². The smallest absolute Gasteiger partial charge is 0.227 e. The molecule has 2 aromatic rings. The van der Waals surface area contributed by atoms with E-state index in [0.29, 0.717) is 13.1 Å². The van der Waals surface area contributed by atoms with E-state index in [1.165, 1.54) is 0 Å². The van der Waals surface area contributed by atoms with Gasteiger partial charge in [0.05, 0.1) is 12.8 Å². The minimum atomic E-state index is -0.0157. The Morgan fingerprint density at radius 1 is 1.09 bits per heavy atom. The zero-order valence-corrected chi connectivity index (χ0v) is 19.9. The molecule has 0 aliphatic heterocycles. The molecule has 1 aromatic heterocycles. The fourth-order valence-corrected chi connectivity index (χ4v) is 4.56. The predicted octanol–water partition coefficient (Wildman–Crippen LogP) is 5.44. The Labute approximate surface area is 192 Å². The molecule has 6 nitrogen and oxygen atoms in total. The number of nitrogens with one attached hydrogen (secondary N) is 1. The molecular formula is C26H37N3O3. The molecular weight excluding hydrogens is 402 g/mol. The normalized spacial score (nSPS) is 14.0. The van der Waals surface area contributed by atoms with Gasteiger partial charge in [-0.15, -0.1) is 0 Å². The van der Waals surface area contributed by atoms with E-state index in [-0.39, 0.29) is 23.7 Å². The Kier molecular flexibility index (Phi) is 8.37. The van der Waals surface area contributed by atoms with Gasteiger partial charge in [0.25, 0.3) is 0 Å². The number of furan rings is 1. The zero-order chi connectivity index (χ0) is 23.1. The second-order valence-electron chi connectivity index (χ2n) is 9.00. The number of carbonyl (C=O) groups excluding carboxylic acids is 2. The molecule has 0 unspecified atom stereocenters. The Bertz CT molecular complexity index is 882. The van der Waals surface area contributed by atoms with Gasteiger partial charge in [0, 0.05) is 43.9 Å². The highest BCUT2D eigenvalue weighted by Gasteiger charge is 2.25. The molecule has 0 radical (unpaired) electrons. The molecule has 1 aliphatic carbocycles. The van der Waals surface area contributed by atoms with E-state index < -0.39 is 0 Å². The first kappa shape index (κ1) is 23.9. The Morgan fingerprint density at radius 3 is 2.41 bits per heavy atom. The van der Waals surface area contributed by atoms with E-state index in [2.05, 4.69) is 19.2 Å². The molecule has 0 spiro atoms. The van der Waals surface area contributed by atoms with Gasteiger partial charge in [0.15, 0.2) is 0 Å². The van der Waals surface area contributed by atoms with E-state index in [4.69, 9.17) is 4.42 Å². The standard InChI is InChI=1S/C26H37N3O3/c1-5-19(6-2)26(31)29(18-23-12-9-15-32-23)17-21-16-22(13-14-24(21)28(3)4)27-25(30)20-10-7-8-11-20/h9,12-16,19-20H,5-8,10-11,17-18H2,1-4H3,(H,27,30). The minimum Gasteiger partial charge on any atom is -0.467 e. The predicted molar refractivity (Wildman–Crippen MR) is 128 cm³/mol. The van der Waals surface area contributed by atoms with Crippen LogP contribution >= 0.6 is 0 Å². The van der Waals surface area contributed by atoms with Crippen LogP contribution < -0.4 is 10.2 Å². The molecule has 0 saturated heterocycles. The Hall–Kier alpha value is -2.76. The van der Waals surface area contributed by atoms with Crippen molar-refractivity contribution >= 4 is 23.2 Å². The van der Waals surface area contributed by atoms with Gasteiger partial charge in [0.1, 0.15) is 5.76 Å². The molecule has 2 amide bonds. The second kappa shape index (κ2) is 11.2. The highest BCUT2D eigenvalue weighted by molar-refractivity contribution is 5.93. The maximum absolute atomic E-state index is 13.4. The van der Waals surface area contributed by atoms with Crippen LogP contribution in [0.2, 0.25) is 0 Å². The molecule has 32 heavy (non-hydrogen) atoms. The molecule has 1 saturated carbocycles. The second-order valence-corrected chi connectivity index (χ2v) is 9.00. The monoisotopic (exact) mass is 439 g/mol. The van der Waals surface area contributed by atoms with Crippen molar-refractivity contribution in [3.8, 4) is 0 Å². The number of anilines is 2. The van der Waals surface area contributed by atoms with Crippen molar-refractivity contribution in [2.24, 2.45) is 11.8 Å². The molecule has 3 rings (SSSR count). The average Bonchev–Trinajstić information content (AvgIpc) is 3.48.